The topological polar surface area (TPSA) is 72.6 Å². The highest BCUT2D eigenvalue weighted by atomic mass is 16.5. The van der Waals surface area contributed by atoms with Crippen LogP contribution in [0, 0.1) is 5.92 Å². The third-order valence-corrected chi connectivity index (χ3v) is 3.80. The molecule has 2 rings (SSSR count). The van der Waals surface area contributed by atoms with Crippen molar-refractivity contribution in [3.63, 3.8) is 0 Å². The lowest BCUT2D eigenvalue weighted by Crippen LogP contribution is -2.41. The zero-order chi connectivity index (χ0) is 15.2. The minimum atomic E-state index is -0.136. The molecule has 1 saturated heterocycles. The lowest BCUT2D eigenvalue weighted by Gasteiger charge is -2.31. The third kappa shape index (κ3) is 4.21. The highest BCUT2D eigenvalue weighted by Crippen LogP contribution is 2.19. The number of piperidine rings is 1. The molecule has 0 aliphatic carbocycles. The Morgan fingerprint density at radius 3 is 2.43 bits per heavy atom. The summed E-state index contributed by atoms with van der Waals surface area (Å²) in [7, 11) is 0. The second-order valence-corrected chi connectivity index (χ2v) is 5.33. The van der Waals surface area contributed by atoms with E-state index in [2.05, 4.69) is 0 Å². The molecule has 5 nitrogen and oxygen atoms in total. The molecule has 1 aliphatic rings. The van der Waals surface area contributed by atoms with E-state index in [1.54, 1.807) is 12.1 Å². The summed E-state index contributed by atoms with van der Waals surface area (Å²) in [5.74, 6) is -0.101. The van der Waals surface area contributed by atoms with Gasteiger partial charge < -0.3 is 15.4 Å². The van der Waals surface area contributed by atoms with E-state index in [4.69, 9.17) is 10.5 Å². The maximum atomic E-state index is 12.2. The molecule has 0 unspecified atom stereocenters. The number of benzene rings is 1. The van der Waals surface area contributed by atoms with Gasteiger partial charge in [-0.05, 0) is 37.5 Å². The van der Waals surface area contributed by atoms with Gasteiger partial charge in [0.05, 0.1) is 18.9 Å². The van der Waals surface area contributed by atoms with Gasteiger partial charge >= 0.3 is 5.97 Å². The van der Waals surface area contributed by atoms with Crippen molar-refractivity contribution in [2.75, 3.05) is 25.4 Å². The molecule has 1 heterocycles. The number of hydrogen-bond acceptors (Lipinski definition) is 4. The number of likely N-dealkylation sites (tertiary alicyclic amines) is 1. The number of nitrogens with two attached hydrogens (primary N) is 1. The van der Waals surface area contributed by atoms with E-state index < -0.39 is 0 Å². The van der Waals surface area contributed by atoms with Crippen LogP contribution in [0.4, 0.5) is 5.69 Å². The van der Waals surface area contributed by atoms with E-state index in [1.165, 1.54) is 0 Å². The maximum Gasteiger partial charge on any atom is 0.309 e. The first-order valence-electron chi connectivity index (χ1n) is 7.39. The molecule has 1 aromatic rings. The molecule has 1 aromatic carbocycles. The maximum absolute atomic E-state index is 12.2. The quantitative estimate of drug-likeness (QED) is 0.675. The summed E-state index contributed by atoms with van der Waals surface area (Å²) in [6.07, 6.45) is 1.75. The van der Waals surface area contributed by atoms with Gasteiger partial charge in [-0.25, -0.2) is 0 Å². The number of rotatable bonds is 4. The fourth-order valence-electron chi connectivity index (χ4n) is 2.55. The van der Waals surface area contributed by atoms with Crippen molar-refractivity contribution in [1.29, 1.82) is 0 Å². The first kappa shape index (κ1) is 15.4. The van der Waals surface area contributed by atoms with Crippen LogP contribution in [-0.2, 0) is 20.7 Å². The minimum Gasteiger partial charge on any atom is -0.466 e. The molecule has 0 saturated carbocycles. The van der Waals surface area contributed by atoms with Gasteiger partial charge in [-0.15, -0.1) is 0 Å². The van der Waals surface area contributed by atoms with Gasteiger partial charge in [0.2, 0.25) is 5.91 Å². The summed E-state index contributed by atoms with van der Waals surface area (Å²) in [5.41, 5.74) is 7.29. The van der Waals surface area contributed by atoms with Crippen molar-refractivity contribution in [2.24, 2.45) is 5.92 Å². The van der Waals surface area contributed by atoms with Crippen molar-refractivity contribution in [1.82, 2.24) is 4.90 Å². The van der Waals surface area contributed by atoms with E-state index in [1.807, 2.05) is 24.0 Å². The first-order valence-corrected chi connectivity index (χ1v) is 7.39. The zero-order valence-electron chi connectivity index (χ0n) is 12.4. The number of carbonyl (C=O) groups excluding carboxylic acids is 2. The summed E-state index contributed by atoms with van der Waals surface area (Å²) in [5, 5.41) is 0. The highest BCUT2D eigenvalue weighted by Gasteiger charge is 2.27. The second kappa shape index (κ2) is 7.11. The van der Waals surface area contributed by atoms with Crippen LogP contribution in [0.3, 0.4) is 0 Å². The van der Waals surface area contributed by atoms with Crippen LogP contribution in [0.15, 0.2) is 24.3 Å². The lowest BCUT2D eigenvalue weighted by atomic mass is 9.96. The Morgan fingerprint density at radius 1 is 1.24 bits per heavy atom. The molecule has 0 aromatic heterocycles. The summed E-state index contributed by atoms with van der Waals surface area (Å²) in [4.78, 5) is 25.7. The van der Waals surface area contributed by atoms with E-state index >= 15 is 0 Å². The van der Waals surface area contributed by atoms with E-state index in [0.717, 1.165) is 5.56 Å². The summed E-state index contributed by atoms with van der Waals surface area (Å²) in [6, 6.07) is 7.35. The van der Waals surface area contributed by atoms with Crippen LogP contribution in [0.5, 0.6) is 0 Å². The average molecular weight is 290 g/mol. The van der Waals surface area contributed by atoms with Crippen LogP contribution in [0.1, 0.15) is 25.3 Å². The first-order chi connectivity index (χ1) is 10.1. The summed E-state index contributed by atoms with van der Waals surface area (Å²) >= 11 is 0. The Labute approximate surface area is 125 Å². The van der Waals surface area contributed by atoms with Crippen molar-refractivity contribution in [3.05, 3.63) is 29.8 Å². The molecule has 1 fully saturated rings. The van der Waals surface area contributed by atoms with Crippen LogP contribution < -0.4 is 5.73 Å². The largest absolute Gasteiger partial charge is 0.466 e. The fraction of sp³-hybridized carbons (Fsp3) is 0.500. The average Bonchev–Trinajstić information content (AvgIpc) is 2.50. The zero-order valence-corrected chi connectivity index (χ0v) is 12.4. The van der Waals surface area contributed by atoms with Gasteiger partial charge in [0.1, 0.15) is 0 Å². The molecule has 0 radical (unpaired) electrons. The Bertz CT molecular complexity index is 491. The van der Waals surface area contributed by atoms with Crippen molar-refractivity contribution in [3.8, 4) is 0 Å². The number of hydrogen-bond donors (Lipinski definition) is 1. The van der Waals surface area contributed by atoms with Crippen LogP contribution >= 0.6 is 0 Å². The Morgan fingerprint density at radius 2 is 1.86 bits per heavy atom. The van der Waals surface area contributed by atoms with Crippen LogP contribution in [-0.4, -0.2) is 36.5 Å². The Balaban J connectivity index is 1.83. The molecular formula is C16H22N2O3. The number of nitrogen functional groups attached to an aromatic ring is 1. The molecule has 5 heteroatoms. The van der Waals surface area contributed by atoms with Gasteiger partial charge in [-0.3, -0.25) is 9.59 Å². The van der Waals surface area contributed by atoms with Gasteiger partial charge in [-0.1, -0.05) is 12.1 Å². The van der Waals surface area contributed by atoms with Gasteiger partial charge in [-0.2, -0.15) is 0 Å². The predicted octanol–water partition coefficient (Wildman–Crippen LogP) is 1.61. The van der Waals surface area contributed by atoms with Crippen molar-refractivity contribution in [2.45, 2.75) is 26.2 Å². The fourth-order valence-corrected chi connectivity index (χ4v) is 2.55. The molecule has 0 bridgehead atoms. The van der Waals surface area contributed by atoms with Gasteiger partial charge in [0.25, 0.3) is 0 Å². The number of esters is 1. The molecule has 0 spiro atoms. The SMILES string of the molecule is CCOC(=O)C1CCN(C(=O)Cc2ccc(N)cc2)CC1. The lowest BCUT2D eigenvalue weighted by molar-refractivity contribution is -0.151. The normalized spacial score (nSPS) is 15.8. The number of ether oxygens (including phenoxy) is 1. The smallest absolute Gasteiger partial charge is 0.309 e. The second-order valence-electron chi connectivity index (χ2n) is 5.33. The number of amides is 1. The van der Waals surface area contributed by atoms with E-state index in [0.29, 0.717) is 44.6 Å². The molecule has 2 N–H and O–H groups in total. The molecular weight excluding hydrogens is 268 g/mol. The predicted molar refractivity (Wildman–Crippen MR) is 80.5 cm³/mol. The number of nitrogens with zero attached hydrogens (tertiary/aromatic N) is 1. The standard InChI is InChI=1S/C16H22N2O3/c1-2-21-16(20)13-7-9-18(10-8-13)15(19)11-12-3-5-14(17)6-4-12/h3-6,13H,2,7-11,17H2,1H3. The minimum absolute atomic E-state index is 0.0643. The molecule has 1 amide bonds. The van der Waals surface area contributed by atoms with Gasteiger partial charge in [0, 0.05) is 18.8 Å². The highest BCUT2D eigenvalue weighted by molar-refractivity contribution is 5.79. The van der Waals surface area contributed by atoms with Crippen LogP contribution in [0.2, 0.25) is 0 Å². The van der Waals surface area contributed by atoms with Crippen molar-refractivity contribution < 1.29 is 14.3 Å². The summed E-state index contributed by atoms with van der Waals surface area (Å²) in [6.45, 7) is 3.47. The number of anilines is 1. The van der Waals surface area contributed by atoms with E-state index in [-0.39, 0.29) is 17.8 Å². The molecule has 114 valence electrons. The van der Waals surface area contributed by atoms with Gasteiger partial charge in [0.15, 0.2) is 0 Å². The Hall–Kier alpha value is -2.04. The molecule has 1 aliphatic heterocycles. The molecule has 0 atom stereocenters. The van der Waals surface area contributed by atoms with Crippen molar-refractivity contribution >= 4 is 17.6 Å². The number of carbonyl (C=O) groups is 2. The Kier molecular flexibility index (Phi) is 5.20. The monoisotopic (exact) mass is 290 g/mol. The third-order valence-electron chi connectivity index (χ3n) is 3.80. The van der Waals surface area contributed by atoms with Crippen LogP contribution in [0.25, 0.3) is 0 Å². The van der Waals surface area contributed by atoms with E-state index in [9.17, 15) is 9.59 Å². The summed E-state index contributed by atoms with van der Waals surface area (Å²) < 4.78 is 5.03. The molecule has 21 heavy (non-hydrogen) atoms.